The van der Waals surface area contributed by atoms with Crippen LogP contribution in [0.15, 0.2) is 53.4 Å². The summed E-state index contributed by atoms with van der Waals surface area (Å²) < 4.78 is 2.29. The summed E-state index contributed by atoms with van der Waals surface area (Å²) >= 11 is 3.39. The number of nitro groups is 1. The Morgan fingerprint density at radius 1 is 1.19 bits per heavy atom. The summed E-state index contributed by atoms with van der Waals surface area (Å²) in [7, 11) is 0. The number of benzene rings is 1. The molecule has 0 aliphatic heterocycles. The molecular formula is C13H8BrN5O2. The molecule has 104 valence electrons. The standard InChI is InChI=1S/C13H8BrN5O2/c14-11-5-2-6-15-13(11)18-8-16-12(17-18)9-3-1-4-10(7-9)19(20)21/h1-8H. The molecule has 0 atom stereocenters. The van der Waals surface area contributed by atoms with E-state index in [2.05, 4.69) is 31.0 Å². The SMILES string of the molecule is O=[N+]([O-])c1cccc(-c2ncn(-c3ncccc3Br)n2)c1. The molecule has 0 radical (unpaired) electrons. The molecule has 0 fully saturated rings. The molecule has 0 spiro atoms. The first kappa shape index (κ1) is 13.4. The lowest BCUT2D eigenvalue weighted by Gasteiger charge is -2.01. The molecule has 0 bridgehead atoms. The minimum atomic E-state index is -0.449. The van der Waals surface area contributed by atoms with Crippen molar-refractivity contribution in [3.8, 4) is 17.2 Å². The Kier molecular flexibility index (Phi) is 3.44. The van der Waals surface area contributed by atoms with E-state index >= 15 is 0 Å². The molecule has 0 amide bonds. The van der Waals surface area contributed by atoms with Gasteiger partial charge in [0, 0.05) is 23.9 Å². The zero-order valence-electron chi connectivity index (χ0n) is 10.5. The van der Waals surface area contributed by atoms with Crippen molar-refractivity contribution in [1.29, 1.82) is 0 Å². The number of halogens is 1. The van der Waals surface area contributed by atoms with Crippen molar-refractivity contribution in [2.24, 2.45) is 0 Å². The normalized spacial score (nSPS) is 10.5. The Hall–Kier alpha value is -2.61. The van der Waals surface area contributed by atoms with Crippen LogP contribution >= 0.6 is 15.9 Å². The summed E-state index contributed by atoms with van der Waals surface area (Å²) in [5.41, 5.74) is 0.581. The Morgan fingerprint density at radius 3 is 2.81 bits per heavy atom. The molecule has 0 aliphatic rings. The lowest BCUT2D eigenvalue weighted by Crippen LogP contribution is -1.99. The smallest absolute Gasteiger partial charge is 0.258 e. The van der Waals surface area contributed by atoms with Crippen LogP contribution in [0.25, 0.3) is 17.2 Å². The van der Waals surface area contributed by atoms with E-state index in [1.165, 1.54) is 23.1 Å². The van der Waals surface area contributed by atoms with E-state index in [0.717, 1.165) is 4.47 Å². The highest BCUT2D eigenvalue weighted by atomic mass is 79.9. The molecule has 21 heavy (non-hydrogen) atoms. The fraction of sp³-hybridized carbons (Fsp3) is 0. The number of hydrogen-bond donors (Lipinski definition) is 0. The highest BCUT2D eigenvalue weighted by Gasteiger charge is 2.12. The van der Waals surface area contributed by atoms with Crippen LogP contribution in [-0.2, 0) is 0 Å². The largest absolute Gasteiger partial charge is 0.270 e. The number of non-ortho nitro benzene ring substituents is 1. The van der Waals surface area contributed by atoms with Crippen LogP contribution in [0.1, 0.15) is 0 Å². The molecule has 3 aromatic rings. The zero-order valence-corrected chi connectivity index (χ0v) is 12.1. The van der Waals surface area contributed by atoms with E-state index in [9.17, 15) is 10.1 Å². The Morgan fingerprint density at radius 2 is 2.05 bits per heavy atom. The van der Waals surface area contributed by atoms with E-state index < -0.39 is 4.92 Å². The van der Waals surface area contributed by atoms with Gasteiger partial charge in [0.1, 0.15) is 6.33 Å². The fourth-order valence-corrected chi connectivity index (χ4v) is 2.24. The van der Waals surface area contributed by atoms with Crippen LogP contribution in [0.2, 0.25) is 0 Å². The molecular weight excluding hydrogens is 338 g/mol. The van der Waals surface area contributed by atoms with Crippen LogP contribution in [-0.4, -0.2) is 24.7 Å². The summed E-state index contributed by atoms with van der Waals surface area (Å²) in [5, 5.41) is 15.1. The van der Waals surface area contributed by atoms with Crippen molar-refractivity contribution in [2.75, 3.05) is 0 Å². The van der Waals surface area contributed by atoms with Gasteiger partial charge in [0.2, 0.25) is 0 Å². The molecule has 0 aliphatic carbocycles. The summed E-state index contributed by atoms with van der Waals surface area (Å²) in [6.07, 6.45) is 3.16. The molecule has 3 rings (SSSR count). The average Bonchev–Trinajstić information content (AvgIpc) is 2.97. The van der Waals surface area contributed by atoms with Crippen molar-refractivity contribution in [2.45, 2.75) is 0 Å². The second-order valence-corrected chi connectivity index (χ2v) is 4.98. The molecule has 1 aromatic carbocycles. The fourth-order valence-electron chi connectivity index (χ4n) is 1.80. The van der Waals surface area contributed by atoms with Crippen molar-refractivity contribution in [3.63, 3.8) is 0 Å². The van der Waals surface area contributed by atoms with Crippen molar-refractivity contribution < 1.29 is 4.92 Å². The van der Waals surface area contributed by atoms with Gasteiger partial charge < -0.3 is 0 Å². The molecule has 0 saturated heterocycles. The van der Waals surface area contributed by atoms with Gasteiger partial charge in [0.25, 0.3) is 5.69 Å². The van der Waals surface area contributed by atoms with E-state index in [4.69, 9.17) is 0 Å². The maximum atomic E-state index is 10.8. The number of rotatable bonds is 3. The quantitative estimate of drug-likeness (QED) is 0.537. The maximum absolute atomic E-state index is 10.8. The van der Waals surface area contributed by atoms with Gasteiger partial charge in [0.15, 0.2) is 11.6 Å². The monoisotopic (exact) mass is 345 g/mol. The van der Waals surface area contributed by atoms with Crippen LogP contribution in [0, 0.1) is 10.1 Å². The van der Waals surface area contributed by atoms with Gasteiger partial charge in [-0.2, -0.15) is 0 Å². The number of pyridine rings is 1. The third-order valence-corrected chi connectivity index (χ3v) is 3.38. The predicted molar refractivity (Wildman–Crippen MR) is 78.9 cm³/mol. The van der Waals surface area contributed by atoms with Gasteiger partial charge in [-0.25, -0.2) is 14.6 Å². The second-order valence-electron chi connectivity index (χ2n) is 4.13. The van der Waals surface area contributed by atoms with Crippen molar-refractivity contribution >= 4 is 21.6 Å². The van der Waals surface area contributed by atoms with Crippen LogP contribution in [0.3, 0.4) is 0 Å². The number of aromatic nitrogens is 4. The first-order valence-corrected chi connectivity index (χ1v) is 6.72. The van der Waals surface area contributed by atoms with E-state index in [1.807, 2.05) is 6.07 Å². The summed E-state index contributed by atoms with van der Waals surface area (Å²) in [6, 6.07) is 9.83. The topological polar surface area (TPSA) is 86.7 Å². The third-order valence-electron chi connectivity index (χ3n) is 2.76. The number of hydrogen-bond acceptors (Lipinski definition) is 5. The highest BCUT2D eigenvalue weighted by molar-refractivity contribution is 9.10. The Labute approximate surface area is 127 Å². The second kappa shape index (κ2) is 5.41. The first-order chi connectivity index (χ1) is 10.1. The van der Waals surface area contributed by atoms with Gasteiger partial charge >= 0.3 is 0 Å². The van der Waals surface area contributed by atoms with Gasteiger partial charge in [0.05, 0.1) is 9.40 Å². The minimum Gasteiger partial charge on any atom is -0.258 e. The van der Waals surface area contributed by atoms with Gasteiger partial charge in [-0.3, -0.25) is 10.1 Å². The van der Waals surface area contributed by atoms with Crippen LogP contribution in [0.5, 0.6) is 0 Å². The van der Waals surface area contributed by atoms with Crippen LogP contribution in [0.4, 0.5) is 5.69 Å². The average molecular weight is 346 g/mol. The van der Waals surface area contributed by atoms with Crippen LogP contribution < -0.4 is 0 Å². The Bertz CT molecular complexity index is 818. The molecule has 0 N–H and O–H groups in total. The number of nitro benzene ring substituents is 1. The lowest BCUT2D eigenvalue weighted by molar-refractivity contribution is -0.384. The molecule has 2 aromatic heterocycles. The van der Waals surface area contributed by atoms with Gasteiger partial charge in [-0.15, -0.1) is 5.10 Å². The molecule has 8 heteroatoms. The first-order valence-electron chi connectivity index (χ1n) is 5.92. The van der Waals surface area contributed by atoms with Gasteiger partial charge in [-0.05, 0) is 28.1 Å². The van der Waals surface area contributed by atoms with Crippen molar-refractivity contribution in [1.82, 2.24) is 19.7 Å². The molecule has 0 unspecified atom stereocenters. The molecule has 7 nitrogen and oxygen atoms in total. The van der Waals surface area contributed by atoms with E-state index in [0.29, 0.717) is 17.2 Å². The molecule has 0 saturated carbocycles. The number of nitrogens with zero attached hydrogens (tertiary/aromatic N) is 5. The van der Waals surface area contributed by atoms with E-state index in [1.54, 1.807) is 24.4 Å². The van der Waals surface area contributed by atoms with E-state index in [-0.39, 0.29) is 5.69 Å². The maximum Gasteiger partial charge on any atom is 0.270 e. The van der Waals surface area contributed by atoms with Crippen molar-refractivity contribution in [3.05, 3.63) is 63.5 Å². The lowest BCUT2D eigenvalue weighted by atomic mass is 10.2. The molecule has 2 heterocycles. The summed E-state index contributed by atoms with van der Waals surface area (Å²) in [5.74, 6) is 0.998. The third kappa shape index (κ3) is 2.65. The minimum absolute atomic E-state index is 0.00265. The Balaban J connectivity index is 2.01. The highest BCUT2D eigenvalue weighted by Crippen LogP contribution is 2.22. The predicted octanol–water partition coefficient (Wildman–Crippen LogP) is 3.00. The van der Waals surface area contributed by atoms with Gasteiger partial charge in [-0.1, -0.05) is 12.1 Å². The summed E-state index contributed by atoms with van der Waals surface area (Å²) in [4.78, 5) is 18.7. The zero-order chi connectivity index (χ0) is 14.8. The summed E-state index contributed by atoms with van der Waals surface area (Å²) in [6.45, 7) is 0.